The number of fused-ring (bicyclic) bond motifs is 1. The molecule has 1 aromatic heterocycles. The molecule has 4 heterocycles. The van der Waals surface area contributed by atoms with E-state index in [1.807, 2.05) is 0 Å². The molecule has 2 aromatic carbocycles. The predicted octanol–water partition coefficient (Wildman–Crippen LogP) is -3.58. The van der Waals surface area contributed by atoms with Crippen molar-refractivity contribution in [3.8, 4) is 28.6 Å². The van der Waals surface area contributed by atoms with Crippen LogP contribution in [-0.4, -0.2) is 160 Å². The molecule has 0 spiro atoms. The fraction of sp³-hybridized carbons (Fsp3) is 0.545. The van der Waals surface area contributed by atoms with E-state index in [1.54, 1.807) is 0 Å². The maximum absolute atomic E-state index is 13.5. The number of phenols is 2. The van der Waals surface area contributed by atoms with Gasteiger partial charge in [0.1, 0.15) is 107 Å². The average molecular weight is 741 g/mol. The largest absolute Gasteiger partial charge is 0.508 e. The van der Waals surface area contributed by atoms with E-state index in [1.165, 1.54) is 31.2 Å². The second-order valence-electron chi connectivity index (χ2n) is 12.9. The lowest BCUT2D eigenvalue weighted by Crippen LogP contribution is -2.62. The topological polar surface area (TPSA) is 319 Å². The molecule has 0 amide bonds. The highest BCUT2D eigenvalue weighted by molar-refractivity contribution is 5.88. The summed E-state index contributed by atoms with van der Waals surface area (Å²) in [7, 11) is 0. The predicted molar refractivity (Wildman–Crippen MR) is 170 cm³/mol. The Morgan fingerprint density at radius 3 is 1.87 bits per heavy atom. The van der Waals surface area contributed by atoms with Crippen molar-refractivity contribution in [1.82, 2.24) is 0 Å². The lowest BCUT2D eigenvalue weighted by Gasteiger charge is -2.46. The molecule has 15 atom stereocenters. The Morgan fingerprint density at radius 2 is 1.27 bits per heavy atom. The van der Waals surface area contributed by atoms with Crippen LogP contribution in [0.5, 0.6) is 17.2 Å². The number of aliphatic hydroxyl groups is 10. The second kappa shape index (κ2) is 15.1. The lowest BCUT2D eigenvalue weighted by atomic mass is 9.89. The Labute approximate surface area is 293 Å². The van der Waals surface area contributed by atoms with Gasteiger partial charge in [-0.2, -0.15) is 0 Å². The zero-order valence-corrected chi connectivity index (χ0v) is 27.3. The van der Waals surface area contributed by atoms with Gasteiger partial charge in [-0.1, -0.05) is 0 Å². The summed E-state index contributed by atoms with van der Waals surface area (Å²) in [5.74, 6) is -1.40. The van der Waals surface area contributed by atoms with Crippen LogP contribution >= 0.6 is 0 Å². The highest BCUT2D eigenvalue weighted by Gasteiger charge is 2.51. The minimum Gasteiger partial charge on any atom is -0.508 e. The van der Waals surface area contributed by atoms with Crippen molar-refractivity contribution in [2.75, 3.05) is 13.2 Å². The van der Waals surface area contributed by atoms with E-state index in [4.69, 9.17) is 28.1 Å². The summed E-state index contributed by atoms with van der Waals surface area (Å²) in [6.45, 7) is -0.210. The third-order valence-corrected chi connectivity index (χ3v) is 9.48. The number of aliphatic hydroxyl groups excluding tert-OH is 10. The highest BCUT2D eigenvalue weighted by Crippen LogP contribution is 2.46. The summed E-state index contributed by atoms with van der Waals surface area (Å²) < 4.78 is 34.3. The normalized spacial score (nSPS) is 38.3. The van der Waals surface area contributed by atoms with Gasteiger partial charge in [0, 0.05) is 17.7 Å². The maximum atomic E-state index is 13.5. The van der Waals surface area contributed by atoms with Crippen LogP contribution in [0.15, 0.2) is 45.6 Å². The number of phenolic OH excluding ortho intramolecular Hbond substituents is 2. The van der Waals surface area contributed by atoms with Crippen molar-refractivity contribution >= 4 is 11.0 Å². The third-order valence-electron chi connectivity index (χ3n) is 9.48. The van der Waals surface area contributed by atoms with E-state index in [0.717, 1.165) is 12.1 Å². The van der Waals surface area contributed by atoms with Gasteiger partial charge in [0.2, 0.25) is 6.29 Å². The second-order valence-corrected chi connectivity index (χ2v) is 12.9. The Balaban J connectivity index is 1.40. The molecule has 12 N–H and O–H groups in total. The van der Waals surface area contributed by atoms with Crippen molar-refractivity contribution in [2.24, 2.45) is 0 Å². The van der Waals surface area contributed by atoms with Gasteiger partial charge < -0.3 is 89.4 Å². The molecule has 52 heavy (non-hydrogen) atoms. The average Bonchev–Trinajstić information content (AvgIpc) is 3.12. The minimum absolute atomic E-state index is 0.00498. The minimum atomic E-state index is -2.02. The van der Waals surface area contributed by atoms with Crippen LogP contribution < -0.4 is 10.2 Å². The van der Waals surface area contributed by atoms with Crippen LogP contribution in [0.1, 0.15) is 18.6 Å². The summed E-state index contributed by atoms with van der Waals surface area (Å²) in [6.07, 6.45) is -25.7. The monoisotopic (exact) mass is 740 g/mol. The molecule has 0 aliphatic carbocycles. The Bertz CT molecular complexity index is 1760. The molecule has 3 aliphatic rings. The molecule has 3 aliphatic heterocycles. The molecular weight excluding hydrogens is 700 g/mol. The summed E-state index contributed by atoms with van der Waals surface area (Å²) in [5, 5.41) is 125. The Kier molecular flexibility index (Phi) is 11.1. The number of benzene rings is 2. The van der Waals surface area contributed by atoms with Crippen LogP contribution in [0.2, 0.25) is 0 Å². The van der Waals surface area contributed by atoms with Crippen LogP contribution in [0.3, 0.4) is 0 Å². The van der Waals surface area contributed by atoms with E-state index < -0.39 is 133 Å². The number of rotatable bonds is 8. The van der Waals surface area contributed by atoms with Gasteiger partial charge in [0.25, 0.3) is 0 Å². The molecule has 6 rings (SSSR count). The van der Waals surface area contributed by atoms with E-state index in [-0.39, 0.29) is 17.1 Å². The van der Waals surface area contributed by atoms with E-state index in [9.17, 15) is 66.1 Å². The molecule has 19 nitrogen and oxygen atoms in total. The molecular formula is C33H40O19. The molecule has 15 unspecified atom stereocenters. The Morgan fingerprint density at radius 1 is 0.692 bits per heavy atom. The number of aromatic hydroxyl groups is 2. The molecule has 19 heteroatoms. The SMILES string of the molecule is CC1OC(c2c(OC3OC(CO)C(O)C(O)C3O)cc3oc(-c4ccc(O)cc4)cc(=O)c3c2O)C(O)C(O)C1OC1OC(CO)C(O)C(O)C1O. The van der Waals surface area contributed by atoms with Gasteiger partial charge in [-0.15, -0.1) is 0 Å². The quantitative estimate of drug-likeness (QED) is 0.106. The maximum Gasteiger partial charge on any atom is 0.229 e. The van der Waals surface area contributed by atoms with Crippen molar-refractivity contribution < 1.29 is 89.4 Å². The first-order valence-electron chi connectivity index (χ1n) is 16.2. The molecule has 0 saturated carbocycles. The van der Waals surface area contributed by atoms with Gasteiger partial charge in [0.05, 0.1) is 24.9 Å². The number of ether oxygens (including phenoxy) is 5. The zero-order chi connectivity index (χ0) is 37.8. The molecule has 3 fully saturated rings. The van der Waals surface area contributed by atoms with Crippen LogP contribution in [0.4, 0.5) is 0 Å². The van der Waals surface area contributed by atoms with Gasteiger partial charge in [-0.05, 0) is 31.2 Å². The fourth-order valence-electron chi connectivity index (χ4n) is 6.53. The summed E-state index contributed by atoms with van der Waals surface area (Å²) in [6, 6.07) is 7.73. The highest BCUT2D eigenvalue weighted by atomic mass is 16.7. The van der Waals surface area contributed by atoms with Crippen molar-refractivity contribution in [1.29, 1.82) is 0 Å². The van der Waals surface area contributed by atoms with Crippen LogP contribution in [-0.2, 0) is 18.9 Å². The summed E-state index contributed by atoms with van der Waals surface area (Å²) in [5.41, 5.74) is -1.20. The van der Waals surface area contributed by atoms with Crippen molar-refractivity contribution in [2.45, 2.75) is 98.9 Å². The molecule has 3 saturated heterocycles. The van der Waals surface area contributed by atoms with E-state index in [2.05, 4.69) is 0 Å². The van der Waals surface area contributed by atoms with E-state index >= 15 is 0 Å². The molecule has 3 aromatic rings. The smallest absolute Gasteiger partial charge is 0.229 e. The standard InChI is InChI=1S/C33H40O19/c1-10-30(52-33-29(46)25(42)22(39)18(9-35)51-33)26(43)27(44)31(47-10)20-16(49-32-28(45)24(41)21(38)17(8-34)50-32)7-15-19(23(20)40)13(37)6-14(48-15)11-2-4-12(36)5-3-11/h2-7,10,17-18,21-22,24-36,38-46H,8-9H2,1H3. The van der Waals surface area contributed by atoms with Crippen LogP contribution in [0, 0.1) is 0 Å². The van der Waals surface area contributed by atoms with Crippen LogP contribution in [0.25, 0.3) is 22.3 Å². The number of hydrogen-bond donors (Lipinski definition) is 12. The van der Waals surface area contributed by atoms with Gasteiger partial charge in [-0.3, -0.25) is 4.79 Å². The first-order valence-corrected chi connectivity index (χ1v) is 16.2. The molecule has 0 bridgehead atoms. The molecule has 0 radical (unpaired) electrons. The van der Waals surface area contributed by atoms with Crippen molar-refractivity contribution in [3.63, 3.8) is 0 Å². The van der Waals surface area contributed by atoms with Crippen molar-refractivity contribution in [3.05, 3.63) is 52.2 Å². The third kappa shape index (κ3) is 6.85. The zero-order valence-electron chi connectivity index (χ0n) is 27.3. The Hall–Kier alpha value is -3.51. The summed E-state index contributed by atoms with van der Waals surface area (Å²) in [4.78, 5) is 13.5. The fourth-order valence-corrected chi connectivity index (χ4v) is 6.53. The van der Waals surface area contributed by atoms with Gasteiger partial charge in [0.15, 0.2) is 11.7 Å². The molecule has 286 valence electrons. The van der Waals surface area contributed by atoms with E-state index in [0.29, 0.717) is 5.56 Å². The number of hydrogen-bond acceptors (Lipinski definition) is 19. The first-order chi connectivity index (χ1) is 24.7. The van der Waals surface area contributed by atoms with Gasteiger partial charge >= 0.3 is 0 Å². The summed E-state index contributed by atoms with van der Waals surface area (Å²) >= 11 is 0. The first kappa shape index (κ1) is 38.2. The van der Waals surface area contributed by atoms with Gasteiger partial charge in [-0.25, -0.2) is 0 Å². The lowest BCUT2D eigenvalue weighted by molar-refractivity contribution is -0.340.